The fourth-order valence-corrected chi connectivity index (χ4v) is 3.47. The zero-order valence-electron chi connectivity index (χ0n) is 14.0. The first-order valence-electron chi connectivity index (χ1n) is 8.44. The topological polar surface area (TPSA) is 96.2 Å². The number of benzene rings is 2. The van der Waals surface area contributed by atoms with Gasteiger partial charge in [0.25, 0.3) is 5.69 Å². The molecular weight excluding hydrogens is 332 g/mol. The Balaban J connectivity index is 1.62. The van der Waals surface area contributed by atoms with E-state index in [0.717, 1.165) is 36.2 Å². The summed E-state index contributed by atoms with van der Waals surface area (Å²) in [4.78, 5) is 17.1. The number of piperidine rings is 1. The van der Waals surface area contributed by atoms with Gasteiger partial charge in [0.1, 0.15) is 11.6 Å². The Morgan fingerprint density at radius 1 is 1.31 bits per heavy atom. The van der Waals surface area contributed by atoms with Gasteiger partial charge >= 0.3 is 0 Å². The van der Waals surface area contributed by atoms with E-state index in [0.29, 0.717) is 18.0 Å². The van der Waals surface area contributed by atoms with Crippen LogP contribution in [0.1, 0.15) is 30.2 Å². The van der Waals surface area contributed by atoms with Gasteiger partial charge in [-0.1, -0.05) is 12.1 Å². The van der Waals surface area contributed by atoms with E-state index in [1.807, 2.05) is 24.3 Å². The number of oxazole rings is 1. The zero-order valence-corrected chi connectivity index (χ0v) is 14.0. The molecule has 130 valence electrons. The summed E-state index contributed by atoms with van der Waals surface area (Å²) in [7, 11) is 0. The molecule has 1 aliphatic rings. The molecule has 7 heteroatoms. The molecule has 0 saturated carbocycles. The van der Waals surface area contributed by atoms with Gasteiger partial charge in [-0.2, -0.15) is 5.26 Å². The molecule has 1 aliphatic heterocycles. The van der Waals surface area contributed by atoms with Gasteiger partial charge < -0.3 is 9.32 Å². The van der Waals surface area contributed by atoms with Gasteiger partial charge in [-0.05, 0) is 31.0 Å². The molecule has 0 radical (unpaired) electrons. The number of hydrogen-bond donors (Lipinski definition) is 0. The predicted octanol–water partition coefficient (Wildman–Crippen LogP) is 3.99. The van der Waals surface area contributed by atoms with Crippen molar-refractivity contribution in [3.63, 3.8) is 0 Å². The summed E-state index contributed by atoms with van der Waals surface area (Å²) >= 11 is 0. The monoisotopic (exact) mass is 348 g/mol. The van der Waals surface area contributed by atoms with Crippen LogP contribution in [0.15, 0.2) is 46.9 Å². The Morgan fingerprint density at radius 3 is 2.92 bits per heavy atom. The highest BCUT2D eigenvalue weighted by Gasteiger charge is 2.27. The van der Waals surface area contributed by atoms with Crippen LogP contribution in [0.25, 0.3) is 11.1 Å². The van der Waals surface area contributed by atoms with Gasteiger partial charge in [-0.25, -0.2) is 4.98 Å². The second-order valence-corrected chi connectivity index (χ2v) is 6.38. The highest BCUT2D eigenvalue weighted by molar-refractivity contribution is 5.72. The van der Waals surface area contributed by atoms with Gasteiger partial charge in [0.05, 0.1) is 22.1 Å². The third kappa shape index (κ3) is 2.86. The second kappa shape index (κ2) is 6.48. The minimum absolute atomic E-state index is 0.0715. The van der Waals surface area contributed by atoms with Crippen LogP contribution in [0.4, 0.5) is 11.4 Å². The Labute approximate surface area is 149 Å². The highest BCUT2D eigenvalue weighted by atomic mass is 16.6. The summed E-state index contributed by atoms with van der Waals surface area (Å²) in [5.41, 5.74) is 2.58. The highest BCUT2D eigenvalue weighted by Crippen LogP contribution is 2.33. The summed E-state index contributed by atoms with van der Waals surface area (Å²) in [5, 5.41) is 20.3. The first kappa shape index (κ1) is 16.1. The summed E-state index contributed by atoms with van der Waals surface area (Å²) in [6.07, 6.45) is 1.89. The summed E-state index contributed by atoms with van der Waals surface area (Å²) < 4.78 is 5.91. The lowest BCUT2D eigenvalue weighted by atomic mass is 9.96. The number of non-ortho nitro benzene ring substituents is 1. The molecular formula is C19H16N4O3. The summed E-state index contributed by atoms with van der Waals surface area (Å²) in [5.74, 6) is 0.828. The lowest BCUT2D eigenvalue weighted by Gasteiger charge is -2.33. The van der Waals surface area contributed by atoms with Crippen molar-refractivity contribution in [1.29, 1.82) is 5.26 Å². The molecule has 3 aromatic rings. The number of nitriles is 1. The number of nitrogens with zero attached hydrogens (tertiary/aromatic N) is 4. The summed E-state index contributed by atoms with van der Waals surface area (Å²) in [6, 6.07) is 14.2. The first-order chi connectivity index (χ1) is 12.7. The normalized spacial score (nSPS) is 17.2. The van der Waals surface area contributed by atoms with Crippen LogP contribution in [-0.2, 0) is 0 Å². The standard InChI is InChI=1S/C19H16N4O3/c20-11-14-10-15(23(24)25)7-8-17(14)22-9-3-4-13(12-22)19-21-16-5-1-2-6-18(16)26-19/h1-2,5-8,10,13H,3-4,9,12H2. The molecule has 1 atom stereocenters. The van der Waals surface area contributed by atoms with Crippen molar-refractivity contribution in [3.05, 3.63) is 64.0 Å². The van der Waals surface area contributed by atoms with Crippen molar-refractivity contribution >= 4 is 22.5 Å². The molecule has 26 heavy (non-hydrogen) atoms. The van der Waals surface area contributed by atoms with Crippen LogP contribution in [0.2, 0.25) is 0 Å². The largest absolute Gasteiger partial charge is 0.440 e. The van der Waals surface area contributed by atoms with Crippen molar-refractivity contribution in [2.75, 3.05) is 18.0 Å². The van der Waals surface area contributed by atoms with Crippen molar-refractivity contribution in [3.8, 4) is 6.07 Å². The number of fused-ring (bicyclic) bond motifs is 1. The Bertz CT molecular complexity index is 988. The van der Waals surface area contributed by atoms with E-state index in [9.17, 15) is 15.4 Å². The Kier molecular flexibility index (Phi) is 4.01. The number of aromatic nitrogens is 1. The van der Waals surface area contributed by atoms with Crippen LogP contribution in [0.5, 0.6) is 0 Å². The van der Waals surface area contributed by atoms with E-state index in [4.69, 9.17) is 4.42 Å². The van der Waals surface area contributed by atoms with Crippen LogP contribution >= 0.6 is 0 Å². The molecule has 0 amide bonds. The minimum Gasteiger partial charge on any atom is -0.440 e. The van der Waals surface area contributed by atoms with Gasteiger partial charge in [0, 0.05) is 25.2 Å². The number of hydrogen-bond acceptors (Lipinski definition) is 6. The average molecular weight is 348 g/mol. The van der Waals surface area contributed by atoms with E-state index in [1.54, 1.807) is 6.07 Å². The number of rotatable bonds is 3. The third-order valence-electron chi connectivity index (χ3n) is 4.73. The minimum atomic E-state index is -0.484. The first-order valence-corrected chi connectivity index (χ1v) is 8.44. The SMILES string of the molecule is N#Cc1cc([N+](=O)[O-])ccc1N1CCCC(c2nc3ccccc3o2)C1. The molecule has 1 unspecified atom stereocenters. The molecule has 4 rings (SSSR count). The van der Waals surface area contributed by atoms with E-state index in [2.05, 4.69) is 16.0 Å². The van der Waals surface area contributed by atoms with Gasteiger partial charge in [0.2, 0.25) is 0 Å². The van der Waals surface area contributed by atoms with E-state index in [-0.39, 0.29) is 11.6 Å². The van der Waals surface area contributed by atoms with Gasteiger partial charge in [0.15, 0.2) is 11.5 Å². The van der Waals surface area contributed by atoms with Crippen molar-refractivity contribution < 1.29 is 9.34 Å². The van der Waals surface area contributed by atoms with Crippen LogP contribution in [-0.4, -0.2) is 23.0 Å². The molecule has 7 nitrogen and oxygen atoms in total. The number of nitro groups is 1. The third-order valence-corrected chi connectivity index (χ3v) is 4.73. The van der Waals surface area contributed by atoms with E-state index in [1.165, 1.54) is 12.1 Å². The predicted molar refractivity (Wildman–Crippen MR) is 96.0 cm³/mol. The molecule has 2 aromatic carbocycles. The smallest absolute Gasteiger partial charge is 0.270 e. The van der Waals surface area contributed by atoms with Crippen molar-refractivity contribution in [1.82, 2.24) is 4.98 Å². The fraction of sp³-hybridized carbons (Fsp3) is 0.263. The average Bonchev–Trinajstić information content (AvgIpc) is 3.12. The van der Waals surface area contributed by atoms with Crippen molar-refractivity contribution in [2.24, 2.45) is 0 Å². The molecule has 1 saturated heterocycles. The molecule has 0 bridgehead atoms. The van der Waals surface area contributed by atoms with Gasteiger partial charge in [-0.3, -0.25) is 10.1 Å². The quantitative estimate of drug-likeness (QED) is 0.524. The fourth-order valence-electron chi connectivity index (χ4n) is 3.47. The number of nitro benzene ring substituents is 1. The maximum Gasteiger partial charge on any atom is 0.270 e. The maximum absolute atomic E-state index is 10.9. The van der Waals surface area contributed by atoms with E-state index >= 15 is 0 Å². The van der Waals surface area contributed by atoms with Crippen LogP contribution in [0, 0.1) is 21.4 Å². The molecule has 0 aliphatic carbocycles. The number of anilines is 1. The van der Waals surface area contributed by atoms with E-state index < -0.39 is 4.92 Å². The van der Waals surface area contributed by atoms with Crippen LogP contribution < -0.4 is 4.90 Å². The lowest BCUT2D eigenvalue weighted by Crippen LogP contribution is -2.35. The Morgan fingerprint density at radius 2 is 2.15 bits per heavy atom. The Hall–Kier alpha value is -3.40. The molecule has 1 aromatic heterocycles. The second-order valence-electron chi connectivity index (χ2n) is 6.38. The summed E-state index contributed by atoms with van der Waals surface area (Å²) in [6.45, 7) is 1.46. The zero-order chi connectivity index (χ0) is 18.1. The lowest BCUT2D eigenvalue weighted by molar-refractivity contribution is -0.384. The molecule has 1 fully saturated rings. The van der Waals surface area contributed by atoms with Gasteiger partial charge in [-0.15, -0.1) is 0 Å². The molecule has 0 spiro atoms. The maximum atomic E-state index is 10.9. The van der Waals surface area contributed by atoms with Crippen molar-refractivity contribution in [2.45, 2.75) is 18.8 Å². The van der Waals surface area contributed by atoms with Crippen LogP contribution in [0.3, 0.4) is 0 Å². The number of para-hydroxylation sites is 2. The molecule has 0 N–H and O–H groups in total. The molecule has 2 heterocycles.